The Labute approximate surface area is 137 Å². The van der Waals surface area contributed by atoms with Crippen LogP contribution in [0, 0.1) is 5.92 Å². The number of ether oxygens (including phenoxy) is 1. The molecule has 3 heterocycles. The molecule has 0 bridgehead atoms. The van der Waals surface area contributed by atoms with Crippen LogP contribution in [0.4, 0.5) is 0 Å². The maximum Gasteiger partial charge on any atom is 0.0801 e. The van der Waals surface area contributed by atoms with E-state index in [9.17, 15) is 0 Å². The van der Waals surface area contributed by atoms with Gasteiger partial charge in [0, 0.05) is 69.8 Å². The van der Waals surface area contributed by atoms with Crippen molar-refractivity contribution >= 4 is 0 Å². The first kappa shape index (κ1) is 14.9. The molecule has 4 rings (SSSR count). The van der Waals surface area contributed by atoms with Gasteiger partial charge < -0.3 is 4.74 Å². The average Bonchev–Trinajstić information content (AvgIpc) is 3.08. The number of fused-ring (bicyclic) bond motifs is 1. The fourth-order valence-corrected chi connectivity index (χ4v) is 3.56. The van der Waals surface area contributed by atoms with E-state index in [0.29, 0.717) is 5.92 Å². The SMILES string of the molecule is COCC1CN(Cc2cnn(C)c2)Cc2nn(CC3CC3)cc21. The molecule has 1 unspecified atom stereocenters. The van der Waals surface area contributed by atoms with Crippen LogP contribution in [0.15, 0.2) is 18.6 Å². The highest BCUT2D eigenvalue weighted by molar-refractivity contribution is 5.26. The molecule has 1 aliphatic heterocycles. The smallest absolute Gasteiger partial charge is 0.0801 e. The maximum absolute atomic E-state index is 5.46. The van der Waals surface area contributed by atoms with Crippen LogP contribution in [0.1, 0.15) is 35.6 Å². The van der Waals surface area contributed by atoms with E-state index in [2.05, 4.69) is 27.1 Å². The highest BCUT2D eigenvalue weighted by atomic mass is 16.5. The van der Waals surface area contributed by atoms with Crippen LogP contribution < -0.4 is 0 Å². The van der Waals surface area contributed by atoms with Crippen LogP contribution >= 0.6 is 0 Å². The van der Waals surface area contributed by atoms with Gasteiger partial charge in [-0.25, -0.2) is 0 Å². The largest absolute Gasteiger partial charge is 0.384 e. The van der Waals surface area contributed by atoms with Crippen molar-refractivity contribution in [3.8, 4) is 0 Å². The van der Waals surface area contributed by atoms with Gasteiger partial charge in [-0.15, -0.1) is 0 Å². The van der Waals surface area contributed by atoms with Gasteiger partial charge in [0.1, 0.15) is 0 Å². The molecule has 2 aromatic heterocycles. The zero-order chi connectivity index (χ0) is 15.8. The summed E-state index contributed by atoms with van der Waals surface area (Å²) >= 11 is 0. The van der Waals surface area contributed by atoms with Gasteiger partial charge >= 0.3 is 0 Å². The lowest BCUT2D eigenvalue weighted by Crippen LogP contribution is -2.34. The fraction of sp³-hybridized carbons (Fsp3) is 0.647. The molecule has 0 aromatic carbocycles. The first-order valence-electron chi connectivity index (χ1n) is 8.46. The molecule has 124 valence electrons. The number of rotatable bonds is 6. The normalized spacial score (nSPS) is 21.6. The standard InChI is InChI=1S/C17H25N5O/c1-20-6-14(5-18-20)7-21-9-15(12-23-2)16-10-22(8-13-3-4-13)19-17(16)11-21/h5-6,10,13,15H,3-4,7-9,11-12H2,1-2H3. The summed E-state index contributed by atoms with van der Waals surface area (Å²) in [6.45, 7) is 4.69. The zero-order valence-corrected chi connectivity index (χ0v) is 14.0. The van der Waals surface area contributed by atoms with Crippen LogP contribution in [-0.2, 0) is 31.4 Å². The molecule has 1 fully saturated rings. The average molecular weight is 315 g/mol. The maximum atomic E-state index is 5.46. The molecule has 6 heteroatoms. The van der Waals surface area contributed by atoms with E-state index in [0.717, 1.165) is 38.7 Å². The molecule has 0 saturated heterocycles. The second-order valence-corrected chi connectivity index (χ2v) is 7.04. The Morgan fingerprint density at radius 3 is 2.87 bits per heavy atom. The van der Waals surface area contributed by atoms with Gasteiger partial charge in [0.25, 0.3) is 0 Å². The van der Waals surface area contributed by atoms with Crippen LogP contribution in [-0.4, -0.2) is 44.7 Å². The van der Waals surface area contributed by atoms with Crippen molar-refractivity contribution < 1.29 is 4.74 Å². The van der Waals surface area contributed by atoms with E-state index >= 15 is 0 Å². The van der Waals surface area contributed by atoms with Crippen molar-refractivity contribution in [2.75, 3.05) is 20.3 Å². The predicted molar refractivity (Wildman–Crippen MR) is 86.9 cm³/mol. The van der Waals surface area contributed by atoms with E-state index in [4.69, 9.17) is 9.84 Å². The molecular weight excluding hydrogens is 290 g/mol. The number of aryl methyl sites for hydroxylation is 1. The lowest BCUT2D eigenvalue weighted by atomic mass is 9.95. The first-order valence-corrected chi connectivity index (χ1v) is 8.46. The molecule has 1 saturated carbocycles. The topological polar surface area (TPSA) is 48.1 Å². The Balaban J connectivity index is 1.52. The molecule has 2 aromatic rings. The molecular formula is C17H25N5O. The number of aromatic nitrogens is 4. The summed E-state index contributed by atoms with van der Waals surface area (Å²) < 4.78 is 9.49. The minimum atomic E-state index is 0.411. The van der Waals surface area contributed by atoms with Gasteiger partial charge in [-0.3, -0.25) is 14.3 Å². The number of hydrogen-bond donors (Lipinski definition) is 0. The summed E-state index contributed by atoms with van der Waals surface area (Å²) in [4.78, 5) is 2.46. The minimum Gasteiger partial charge on any atom is -0.384 e. The third kappa shape index (κ3) is 3.33. The van der Waals surface area contributed by atoms with Crippen LogP contribution in [0.5, 0.6) is 0 Å². The first-order chi connectivity index (χ1) is 11.2. The summed E-state index contributed by atoms with van der Waals surface area (Å²) in [5, 5.41) is 9.13. The van der Waals surface area contributed by atoms with Gasteiger partial charge in [-0.2, -0.15) is 10.2 Å². The van der Waals surface area contributed by atoms with Crippen molar-refractivity contribution in [3.63, 3.8) is 0 Å². The highest BCUT2D eigenvalue weighted by Gasteiger charge is 2.30. The van der Waals surface area contributed by atoms with Crippen LogP contribution in [0.25, 0.3) is 0 Å². The molecule has 6 nitrogen and oxygen atoms in total. The van der Waals surface area contributed by atoms with E-state index in [-0.39, 0.29) is 0 Å². The van der Waals surface area contributed by atoms with Crippen molar-refractivity contribution in [3.05, 3.63) is 35.4 Å². The van der Waals surface area contributed by atoms with Gasteiger partial charge in [-0.1, -0.05) is 0 Å². The van der Waals surface area contributed by atoms with E-state index < -0.39 is 0 Å². The van der Waals surface area contributed by atoms with E-state index in [1.54, 1.807) is 7.11 Å². The number of hydrogen-bond acceptors (Lipinski definition) is 4. The summed E-state index contributed by atoms with van der Waals surface area (Å²) in [7, 11) is 3.75. The monoisotopic (exact) mass is 315 g/mol. The lowest BCUT2D eigenvalue weighted by Gasteiger charge is -2.31. The van der Waals surface area contributed by atoms with Gasteiger partial charge in [0.15, 0.2) is 0 Å². The third-order valence-corrected chi connectivity index (χ3v) is 4.84. The van der Waals surface area contributed by atoms with Gasteiger partial charge in [0.05, 0.1) is 18.5 Å². The molecule has 0 spiro atoms. The summed E-state index contributed by atoms with van der Waals surface area (Å²) in [6.07, 6.45) is 9.02. The predicted octanol–water partition coefficient (Wildman–Crippen LogP) is 1.77. The molecule has 2 aliphatic rings. The second kappa shape index (κ2) is 6.09. The second-order valence-electron chi connectivity index (χ2n) is 7.04. The van der Waals surface area contributed by atoms with E-state index in [1.807, 2.05) is 17.9 Å². The highest BCUT2D eigenvalue weighted by Crippen LogP contribution is 2.33. The Morgan fingerprint density at radius 1 is 1.30 bits per heavy atom. The summed E-state index contributed by atoms with van der Waals surface area (Å²) in [5.41, 5.74) is 3.86. The lowest BCUT2D eigenvalue weighted by molar-refractivity contribution is 0.135. The van der Waals surface area contributed by atoms with Gasteiger partial charge in [-0.05, 0) is 18.8 Å². The van der Waals surface area contributed by atoms with Crippen LogP contribution in [0.2, 0.25) is 0 Å². The van der Waals surface area contributed by atoms with Crippen molar-refractivity contribution in [2.24, 2.45) is 13.0 Å². The minimum absolute atomic E-state index is 0.411. The molecule has 0 N–H and O–H groups in total. The molecule has 0 amide bonds. The summed E-state index contributed by atoms with van der Waals surface area (Å²) in [6, 6.07) is 0. The van der Waals surface area contributed by atoms with Gasteiger partial charge in [0.2, 0.25) is 0 Å². The number of nitrogens with zero attached hydrogens (tertiary/aromatic N) is 5. The van der Waals surface area contributed by atoms with Crippen molar-refractivity contribution in [1.82, 2.24) is 24.5 Å². The fourth-order valence-electron chi connectivity index (χ4n) is 3.56. The molecule has 1 aliphatic carbocycles. The van der Waals surface area contributed by atoms with Crippen LogP contribution in [0.3, 0.4) is 0 Å². The summed E-state index contributed by atoms with van der Waals surface area (Å²) in [5.74, 6) is 1.26. The molecule has 1 atom stereocenters. The van der Waals surface area contributed by atoms with E-state index in [1.165, 1.54) is 29.7 Å². The third-order valence-electron chi connectivity index (χ3n) is 4.84. The zero-order valence-electron chi connectivity index (χ0n) is 14.0. The van der Waals surface area contributed by atoms with Crippen molar-refractivity contribution in [2.45, 2.75) is 38.4 Å². The Bertz CT molecular complexity index is 672. The Kier molecular flexibility index (Phi) is 3.95. The molecule has 0 radical (unpaired) electrons. The number of methoxy groups -OCH3 is 1. The van der Waals surface area contributed by atoms with Crippen molar-refractivity contribution in [1.29, 1.82) is 0 Å². The quantitative estimate of drug-likeness (QED) is 0.815. The Morgan fingerprint density at radius 2 is 2.17 bits per heavy atom. The Hall–Kier alpha value is -1.66. The molecule has 23 heavy (non-hydrogen) atoms.